The summed E-state index contributed by atoms with van der Waals surface area (Å²) in [6.45, 7) is 0.734. The number of ether oxygens (including phenoxy) is 1. The van der Waals surface area contributed by atoms with Gasteiger partial charge >= 0.3 is 0 Å². The Bertz CT molecular complexity index is 667. The molecule has 4 heteroatoms. The van der Waals surface area contributed by atoms with E-state index in [9.17, 15) is 5.26 Å². The van der Waals surface area contributed by atoms with Crippen LogP contribution in [0.5, 0.6) is 5.75 Å². The third-order valence-electron chi connectivity index (χ3n) is 3.90. The molecule has 0 saturated heterocycles. The number of benzene rings is 1. The highest BCUT2D eigenvalue weighted by Gasteiger charge is 2.20. The number of fused-ring (bicyclic) bond motifs is 1. The van der Waals surface area contributed by atoms with E-state index in [1.54, 1.807) is 18.4 Å². The Morgan fingerprint density at radius 2 is 2.00 bits per heavy atom. The fraction of sp³-hybridized carbons (Fsp3) is 0.353. The van der Waals surface area contributed by atoms with Gasteiger partial charge in [-0.05, 0) is 48.9 Å². The molecule has 0 spiro atoms. The second-order valence-electron chi connectivity index (χ2n) is 5.23. The number of aryl methyl sites for hydroxylation is 1. The van der Waals surface area contributed by atoms with Gasteiger partial charge in [-0.1, -0.05) is 12.1 Å². The molecule has 0 radical (unpaired) electrons. The maximum absolute atomic E-state index is 9.43. The van der Waals surface area contributed by atoms with Gasteiger partial charge in [0.05, 0.1) is 12.7 Å². The molecule has 1 aromatic heterocycles. The largest absolute Gasteiger partial charge is 0.497 e. The zero-order valence-corrected chi connectivity index (χ0v) is 12.9. The molecule has 0 atom stereocenters. The van der Waals surface area contributed by atoms with Gasteiger partial charge in [0.15, 0.2) is 0 Å². The minimum Gasteiger partial charge on any atom is -0.497 e. The first-order valence-corrected chi connectivity index (χ1v) is 8.05. The number of nitriles is 1. The van der Waals surface area contributed by atoms with Crippen LogP contribution in [0.2, 0.25) is 0 Å². The Hall–Kier alpha value is -1.99. The smallest absolute Gasteiger partial charge is 0.118 e. The summed E-state index contributed by atoms with van der Waals surface area (Å²) in [5.41, 5.74) is 3.33. The van der Waals surface area contributed by atoms with Crippen LogP contribution in [0.15, 0.2) is 24.3 Å². The average Bonchev–Trinajstić information content (AvgIpc) is 2.91. The van der Waals surface area contributed by atoms with E-state index in [2.05, 4.69) is 11.4 Å². The number of methoxy groups -OCH3 is 1. The summed E-state index contributed by atoms with van der Waals surface area (Å²) in [7, 11) is 1.67. The van der Waals surface area contributed by atoms with Crippen LogP contribution in [0.25, 0.3) is 0 Å². The van der Waals surface area contributed by atoms with Crippen LogP contribution >= 0.6 is 11.3 Å². The van der Waals surface area contributed by atoms with Gasteiger partial charge < -0.3 is 10.1 Å². The van der Waals surface area contributed by atoms with Crippen LogP contribution in [-0.4, -0.2) is 7.11 Å². The maximum Gasteiger partial charge on any atom is 0.118 e. The molecule has 1 aromatic carbocycles. The van der Waals surface area contributed by atoms with E-state index in [1.807, 2.05) is 24.3 Å². The summed E-state index contributed by atoms with van der Waals surface area (Å²) < 4.78 is 5.16. The third kappa shape index (κ3) is 2.88. The van der Waals surface area contributed by atoms with Crippen LogP contribution in [0, 0.1) is 11.3 Å². The fourth-order valence-electron chi connectivity index (χ4n) is 2.73. The first kappa shape index (κ1) is 14.0. The fourth-order valence-corrected chi connectivity index (χ4v) is 3.97. The molecule has 21 heavy (non-hydrogen) atoms. The Kier molecular flexibility index (Phi) is 4.12. The number of nitrogens with one attached hydrogen (secondary N) is 1. The SMILES string of the molecule is COc1ccc(CNc2sc3c(c2C#N)CCCC3)cc1. The normalized spacial score (nSPS) is 13.3. The molecule has 2 aromatic rings. The average molecular weight is 298 g/mol. The summed E-state index contributed by atoms with van der Waals surface area (Å²) in [6, 6.07) is 10.4. The maximum atomic E-state index is 9.43. The number of rotatable bonds is 4. The summed E-state index contributed by atoms with van der Waals surface area (Å²) in [5.74, 6) is 0.864. The van der Waals surface area contributed by atoms with Crippen molar-refractivity contribution in [1.29, 1.82) is 5.26 Å². The summed E-state index contributed by atoms with van der Waals surface area (Å²) in [4.78, 5) is 1.40. The Labute approximate surface area is 129 Å². The van der Waals surface area contributed by atoms with E-state index < -0.39 is 0 Å². The van der Waals surface area contributed by atoms with E-state index >= 15 is 0 Å². The van der Waals surface area contributed by atoms with Gasteiger partial charge in [0.2, 0.25) is 0 Å². The zero-order chi connectivity index (χ0) is 14.7. The lowest BCUT2D eigenvalue weighted by atomic mass is 9.96. The van der Waals surface area contributed by atoms with Gasteiger partial charge in [-0.25, -0.2) is 0 Å². The van der Waals surface area contributed by atoms with Gasteiger partial charge in [-0.3, -0.25) is 0 Å². The van der Waals surface area contributed by atoms with E-state index in [0.29, 0.717) is 0 Å². The molecule has 1 N–H and O–H groups in total. The van der Waals surface area contributed by atoms with Crippen molar-refractivity contribution in [2.75, 3.05) is 12.4 Å². The predicted octanol–water partition coefficient (Wildman–Crippen LogP) is 4.12. The second-order valence-corrected chi connectivity index (χ2v) is 6.33. The highest BCUT2D eigenvalue weighted by atomic mass is 32.1. The molecule has 1 heterocycles. The third-order valence-corrected chi connectivity index (χ3v) is 5.14. The lowest BCUT2D eigenvalue weighted by Gasteiger charge is -2.09. The number of anilines is 1. The standard InChI is InChI=1S/C17H18N2OS/c1-20-13-8-6-12(7-9-13)11-19-17-15(10-18)14-4-2-3-5-16(14)21-17/h6-9,19H,2-5,11H2,1H3. The van der Waals surface area contributed by atoms with Crippen molar-refractivity contribution >= 4 is 16.3 Å². The van der Waals surface area contributed by atoms with Gasteiger partial charge in [-0.15, -0.1) is 11.3 Å². The first-order valence-electron chi connectivity index (χ1n) is 7.23. The van der Waals surface area contributed by atoms with Gasteiger partial charge in [-0.2, -0.15) is 5.26 Å². The van der Waals surface area contributed by atoms with Crippen LogP contribution in [-0.2, 0) is 19.4 Å². The molecule has 1 aliphatic rings. The summed E-state index contributed by atoms with van der Waals surface area (Å²) in [5, 5.41) is 13.9. The number of nitrogens with zero attached hydrogens (tertiary/aromatic N) is 1. The highest BCUT2D eigenvalue weighted by Crippen LogP contribution is 2.37. The van der Waals surface area contributed by atoms with Gasteiger partial charge in [0, 0.05) is 11.4 Å². The second kappa shape index (κ2) is 6.19. The van der Waals surface area contributed by atoms with Crippen molar-refractivity contribution in [1.82, 2.24) is 0 Å². The zero-order valence-electron chi connectivity index (χ0n) is 12.1. The topological polar surface area (TPSA) is 45.0 Å². The lowest BCUT2D eigenvalue weighted by molar-refractivity contribution is 0.414. The van der Waals surface area contributed by atoms with E-state index in [1.165, 1.54) is 28.8 Å². The van der Waals surface area contributed by atoms with Crippen molar-refractivity contribution in [3.8, 4) is 11.8 Å². The van der Waals surface area contributed by atoms with Gasteiger partial charge in [0.1, 0.15) is 16.8 Å². The summed E-state index contributed by atoms with van der Waals surface area (Å²) in [6.07, 6.45) is 4.63. The van der Waals surface area contributed by atoms with Crippen LogP contribution in [0.1, 0.15) is 34.4 Å². The molecule has 0 fully saturated rings. The number of hydrogen-bond acceptors (Lipinski definition) is 4. The lowest BCUT2D eigenvalue weighted by Crippen LogP contribution is -2.01. The monoisotopic (exact) mass is 298 g/mol. The van der Waals surface area contributed by atoms with E-state index in [-0.39, 0.29) is 0 Å². The molecule has 0 saturated carbocycles. The van der Waals surface area contributed by atoms with Crippen LogP contribution in [0.3, 0.4) is 0 Å². The number of thiophene rings is 1. The molecule has 108 valence electrons. The van der Waals surface area contributed by atoms with E-state index in [4.69, 9.17) is 4.74 Å². The van der Waals surface area contributed by atoms with Crippen molar-refractivity contribution < 1.29 is 4.74 Å². The van der Waals surface area contributed by atoms with Crippen molar-refractivity contribution in [2.45, 2.75) is 32.2 Å². The molecular formula is C17H18N2OS. The van der Waals surface area contributed by atoms with Crippen molar-refractivity contribution in [2.24, 2.45) is 0 Å². The number of hydrogen-bond donors (Lipinski definition) is 1. The predicted molar refractivity (Wildman–Crippen MR) is 86.0 cm³/mol. The minimum absolute atomic E-state index is 0.734. The molecule has 0 amide bonds. The Morgan fingerprint density at radius 3 is 2.71 bits per heavy atom. The van der Waals surface area contributed by atoms with E-state index in [0.717, 1.165) is 35.7 Å². The van der Waals surface area contributed by atoms with Crippen LogP contribution < -0.4 is 10.1 Å². The van der Waals surface area contributed by atoms with Crippen molar-refractivity contribution in [3.63, 3.8) is 0 Å². The minimum atomic E-state index is 0.734. The van der Waals surface area contributed by atoms with Crippen molar-refractivity contribution in [3.05, 3.63) is 45.8 Å². The Balaban J connectivity index is 1.75. The molecular weight excluding hydrogens is 280 g/mol. The molecule has 1 aliphatic carbocycles. The highest BCUT2D eigenvalue weighted by molar-refractivity contribution is 7.16. The summed E-state index contributed by atoms with van der Waals surface area (Å²) >= 11 is 1.76. The van der Waals surface area contributed by atoms with Crippen LogP contribution in [0.4, 0.5) is 5.00 Å². The van der Waals surface area contributed by atoms with Gasteiger partial charge in [0.25, 0.3) is 0 Å². The molecule has 0 bridgehead atoms. The molecule has 3 rings (SSSR count). The quantitative estimate of drug-likeness (QED) is 0.923. The molecule has 0 aliphatic heterocycles. The molecule has 0 unspecified atom stereocenters. The first-order chi connectivity index (χ1) is 10.3. The molecule has 3 nitrogen and oxygen atoms in total. The Morgan fingerprint density at radius 1 is 1.24 bits per heavy atom.